The van der Waals surface area contributed by atoms with Crippen LogP contribution >= 0.6 is 0 Å². The van der Waals surface area contributed by atoms with E-state index in [2.05, 4.69) is 10.9 Å². The molecule has 1 saturated heterocycles. The number of ether oxygens (including phenoxy) is 1. The molecule has 0 unspecified atom stereocenters. The summed E-state index contributed by atoms with van der Waals surface area (Å²) in [6.45, 7) is 5.45. The maximum absolute atomic E-state index is 11.3. The molecule has 0 bridgehead atoms. The van der Waals surface area contributed by atoms with E-state index >= 15 is 0 Å². The van der Waals surface area contributed by atoms with Crippen molar-refractivity contribution in [1.29, 1.82) is 0 Å². The van der Waals surface area contributed by atoms with E-state index < -0.39 is 22.5 Å². The Labute approximate surface area is 98.7 Å². The Morgan fingerprint density at radius 1 is 1.31 bits per heavy atom. The van der Waals surface area contributed by atoms with E-state index in [9.17, 15) is 9.00 Å². The summed E-state index contributed by atoms with van der Waals surface area (Å²) < 4.78 is 16.2. The lowest BCUT2D eigenvalue weighted by Crippen LogP contribution is -2.48. The number of carbonyl (C=O) groups is 1. The number of rotatable bonds is 2. The monoisotopic (exact) mass is 248 g/mol. The van der Waals surface area contributed by atoms with Crippen LogP contribution in [0.4, 0.5) is 4.79 Å². The van der Waals surface area contributed by atoms with Crippen molar-refractivity contribution in [2.75, 3.05) is 11.5 Å². The first-order valence-corrected chi connectivity index (χ1v) is 6.95. The van der Waals surface area contributed by atoms with Gasteiger partial charge in [-0.05, 0) is 33.6 Å². The minimum absolute atomic E-state index is 0.199. The fourth-order valence-corrected chi connectivity index (χ4v) is 2.70. The van der Waals surface area contributed by atoms with E-state index in [1.165, 1.54) is 0 Å². The second-order valence-corrected chi connectivity index (χ2v) is 6.59. The average molecular weight is 248 g/mol. The SMILES string of the molecule is CC(C)(C)OC(=O)NNC1CCS(=O)CC1. The summed E-state index contributed by atoms with van der Waals surface area (Å²) in [6.07, 6.45) is 1.17. The number of hydrazine groups is 1. The molecule has 1 aliphatic heterocycles. The Morgan fingerprint density at radius 2 is 1.88 bits per heavy atom. The van der Waals surface area contributed by atoms with Gasteiger partial charge in [-0.25, -0.2) is 10.2 Å². The van der Waals surface area contributed by atoms with Crippen LogP contribution in [-0.2, 0) is 15.5 Å². The largest absolute Gasteiger partial charge is 0.443 e. The fourth-order valence-electron chi connectivity index (χ4n) is 1.40. The van der Waals surface area contributed by atoms with Crippen molar-refractivity contribution >= 4 is 16.9 Å². The lowest BCUT2D eigenvalue weighted by Gasteiger charge is -2.24. The zero-order chi connectivity index (χ0) is 12.2. The average Bonchev–Trinajstić information content (AvgIpc) is 2.14. The summed E-state index contributed by atoms with van der Waals surface area (Å²) >= 11 is 0. The molecule has 0 saturated carbocycles. The Kier molecular flexibility index (Phi) is 4.73. The van der Waals surface area contributed by atoms with Gasteiger partial charge in [-0.15, -0.1) is 0 Å². The lowest BCUT2D eigenvalue weighted by molar-refractivity contribution is 0.0486. The predicted molar refractivity (Wildman–Crippen MR) is 63.4 cm³/mol. The molecule has 0 spiro atoms. The smallest absolute Gasteiger partial charge is 0.422 e. The number of hydrogen-bond acceptors (Lipinski definition) is 4. The maximum Gasteiger partial charge on any atom is 0.422 e. The standard InChI is InChI=1S/C10H20N2O3S/c1-10(2,3)15-9(13)12-11-8-4-6-16(14)7-5-8/h8,11H,4-7H2,1-3H3,(H,12,13). The van der Waals surface area contributed by atoms with Crippen LogP contribution in [0.3, 0.4) is 0 Å². The minimum atomic E-state index is -0.675. The molecule has 6 heteroatoms. The predicted octanol–water partition coefficient (Wildman–Crippen LogP) is 0.927. The third kappa shape index (κ3) is 5.46. The molecule has 0 aromatic rings. The molecule has 0 aliphatic carbocycles. The van der Waals surface area contributed by atoms with Crippen LogP contribution < -0.4 is 10.9 Å². The summed E-state index contributed by atoms with van der Waals surface area (Å²) in [5, 5.41) is 0. The van der Waals surface area contributed by atoms with Crippen molar-refractivity contribution in [1.82, 2.24) is 10.9 Å². The molecule has 0 radical (unpaired) electrons. The Bertz CT molecular complexity index is 266. The molecule has 2 N–H and O–H groups in total. The molecule has 16 heavy (non-hydrogen) atoms. The zero-order valence-electron chi connectivity index (χ0n) is 10.0. The molecule has 1 rings (SSSR count). The molecule has 1 aliphatic rings. The van der Waals surface area contributed by atoms with Gasteiger partial charge < -0.3 is 4.74 Å². The molecule has 1 heterocycles. The van der Waals surface area contributed by atoms with Gasteiger partial charge in [-0.1, -0.05) is 0 Å². The van der Waals surface area contributed by atoms with Gasteiger partial charge in [0.05, 0.1) is 0 Å². The van der Waals surface area contributed by atoms with Crippen molar-refractivity contribution < 1.29 is 13.7 Å². The second kappa shape index (κ2) is 5.63. The van der Waals surface area contributed by atoms with Crippen molar-refractivity contribution in [3.63, 3.8) is 0 Å². The van der Waals surface area contributed by atoms with Gasteiger partial charge in [-0.3, -0.25) is 9.63 Å². The molecule has 0 atom stereocenters. The Morgan fingerprint density at radius 3 is 2.38 bits per heavy atom. The van der Waals surface area contributed by atoms with Crippen LogP contribution in [0.2, 0.25) is 0 Å². The summed E-state index contributed by atoms with van der Waals surface area (Å²) in [7, 11) is -0.675. The Balaban J connectivity index is 2.19. The molecule has 0 aromatic heterocycles. The highest BCUT2D eigenvalue weighted by Gasteiger charge is 2.20. The van der Waals surface area contributed by atoms with Crippen molar-refractivity contribution in [3.05, 3.63) is 0 Å². The van der Waals surface area contributed by atoms with Crippen molar-refractivity contribution in [2.45, 2.75) is 45.3 Å². The zero-order valence-corrected chi connectivity index (χ0v) is 10.9. The van der Waals surface area contributed by atoms with E-state index in [-0.39, 0.29) is 6.04 Å². The molecular weight excluding hydrogens is 228 g/mol. The van der Waals surface area contributed by atoms with E-state index in [0.29, 0.717) is 11.5 Å². The first-order valence-electron chi connectivity index (χ1n) is 5.46. The maximum atomic E-state index is 11.3. The van der Waals surface area contributed by atoms with E-state index in [1.54, 1.807) is 0 Å². The summed E-state index contributed by atoms with van der Waals surface area (Å²) in [6, 6.07) is 0.199. The third-order valence-corrected chi connectivity index (χ3v) is 3.55. The first kappa shape index (κ1) is 13.4. The van der Waals surface area contributed by atoms with E-state index in [4.69, 9.17) is 4.74 Å². The van der Waals surface area contributed by atoms with Crippen LogP contribution in [0.25, 0.3) is 0 Å². The highest BCUT2D eigenvalue weighted by molar-refractivity contribution is 7.85. The molecule has 0 aromatic carbocycles. The number of carbonyl (C=O) groups excluding carboxylic acids is 1. The van der Waals surface area contributed by atoms with Gasteiger partial charge in [0.25, 0.3) is 0 Å². The van der Waals surface area contributed by atoms with Crippen molar-refractivity contribution in [2.24, 2.45) is 0 Å². The molecule has 94 valence electrons. The minimum Gasteiger partial charge on any atom is -0.443 e. The van der Waals surface area contributed by atoms with Gasteiger partial charge >= 0.3 is 6.09 Å². The normalized spacial score (nSPS) is 26.2. The van der Waals surface area contributed by atoms with Gasteiger partial charge in [0.2, 0.25) is 0 Å². The van der Waals surface area contributed by atoms with Gasteiger partial charge in [0.15, 0.2) is 0 Å². The molecule has 5 nitrogen and oxygen atoms in total. The number of hydrogen-bond donors (Lipinski definition) is 2. The topological polar surface area (TPSA) is 67.4 Å². The highest BCUT2D eigenvalue weighted by Crippen LogP contribution is 2.09. The van der Waals surface area contributed by atoms with Gasteiger partial charge in [-0.2, -0.15) is 0 Å². The molecule has 1 fully saturated rings. The fraction of sp³-hybridized carbons (Fsp3) is 0.900. The quantitative estimate of drug-likeness (QED) is 0.713. The summed E-state index contributed by atoms with van der Waals surface area (Å²) in [4.78, 5) is 11.3. The van der Waals surface area contributed by atoms with Gasteiger partial charge in [0.1, 0.15) is 5.60 Å². The summed E-state index contributed by atoms with van der Waals surface area (Å²) in [5.74, 6) is 1.40. The summed E-state index contributed by atoms with van der Waals surface area (Å²) in [5.41, 5.74) is 4.93. The van der Waals surface area contributed by atoms with Crippen molar-refractivity contribution in [3.8, 4) is 0 Å². The van der Waals surface area contributed by atoms with Gasteiger partial charge in [0, 0.05) is 28.3 Å². The van der Waals surface area contributed by atoms with E-state index in [1.807, 2.05) is 20.8 Å². The highest BCUT2D eigenvalue weighted by atomic mass is 32.2. The van der Waals surface area contributed by atoms with Crippen LogP contribution in [-0.4, -0.2) is 33.5 Å². The van der Waals surface area contributed by atoms with Crippen LogP contribution in [0.5, 0.6) is 0 Å². The van der Waals surface area contributed by atoms with Crippen LogP contribution in [0, 0.1) is 0 Å². The Hall–Kier alpha value is -0.620. The lowest BCUT2D eigenvalue weighted by atomic mass is 10.2. The molecular formula is C10H20N2O3S. The van der Waals surface area contributed by atoms with Crippen LogP contribution in [0.1, 0.15) is 33.6 Å². The van der Waals surface area contributed by atoms with E-state index in [0.717, 1.165) is 12.8 Å². The second-order valence-electron chi connectivity index (χ2n) is 4.89. The number of nitrogens with one attached hydrogen (secondary N) is 2. The van der Waals surface area contributed by atoms with Crippen LogP contribution in [0.15, 0.2) is 0 Å². The third-order valence-electron chi connectivity index (χ3n) is 2.17. The number of amides is 1. The molecule has 1 amide bonds. The first-order chi connectivity index (χ1) is 7.37.